The molecular weight excluding hydrogens is 202 g/mol. The summed E-state index contributed by atoms with van der Waals surface area (Å²) in [5, 5.41) is 3.19. The quantitative estimate of drug-likeness (QED) is 0.747. The summed E-state index contributed by atoms with van der Waals surface area (Å²) in [5.74, 6) is 1.36. The van der Waals surface area contributed by atoms with E-state index < -0.39 is 0 Å². The lowest BCUT2D eigenvalue weighted by Crippen LogP contribution is -2.15. The molecular formula is C12H19N3O. The van der Waals surface area contributed by atoms with Crippen LogP contribution in [0.3, 0.4) is 0 Å². The van der Waals surface area contributed by atoms with Crippen LogP contribution in [0.2, 0.25) is 0 Å². The second-order valence-corrected chi connectivity index (χ2v) is 4.15. The van der Waals surface area contributed by atoms with Gasteiger partial charge in [0.1, 0.15) is 11.6 Å². The predicted octanol–water partition coefficient (Wildman–Crippen LogP) is 2.03. The van der Waals surface area contributed by atoms with E-state index in [1.165, 1.54) is 25.7 Å². The van der Waals surface area contributed by atoms with Crippen LogP contribution in [-0.2, 0) is 4.74 Å². The van der Waals surface area contributed by atoms with Crippen LogP contribution < -0.4 is 11.1 Å². The number of aromatic nitrogens is 1. The van der Waals surface area contributed by atoms with E-state index in [1.54, 1.807) is 6.07 Å². The summed E-state index contributed by atoms with van der Waals surface area (Å²) in [6.45, 7) is 1.52. The van der Waals surface area contributed by atoms with Crippen molar-refractivity contribution in [3.63, 3.8) is 0 Å². The lowest BCUT2D eigenvalue weighted by Gasteiger charge is -2.11. The number of nitrogens with one attached hydrogen (secondary N) is 1. The van der Waals surface area contributed by atoms with Crippen molar-refractivity contribution in [2.75, 3.05) is 24.2 Å². The molecule has 16 heavy (non-hydrogen) atoms. The molecule has 0 radical (unpaired) electrons. The van der Waals surface area contributed by atoms with Crippen LogP contribution in [0.25, 0.3) is 0 Å². The third kappa shape index (κ3) is 3.38. The molecule has 1 aliphatic rings. The molecule has 0 amide bonds. The number of ether oxygens (including phenoxy) is 1. The zero-order valence-electron chi connectivity index (χ0n) is 9.48. The van der Waals surface area contributed by atoms with Crippen LogP contribution in [0.15, 0.2) is 18.2 Å². The summed E-state index contributed by atoms with van der Waals surface area (Å²) < 4.78 is 5.73. The summed E-state index contributed by atoms with van der Waals surface area (Å²) >= 11 is 0. The Morgan fingerprint density at radius 3 is 2.94 bits per heavy atom. The van der Waals surface area contributed by atoms with E-state index in [0.29, 0.717) is 11.9 Å². The van der Waals surface area contributed by atoms with Crippen LogP contribution in [0, 0.1) is 0 Å². The zero-order valence-corrected chi connectivity index (χ0v) is 9.48. The highest BCUT2D eigenvalue weighted by Crippen LogP contribution is 2.20. The first kappa shape index (κ1) is 11.2. The maximum atomic E-state index is 5.73. The Morgan fingerprint density at radius 2 is 2.19 bits per heavy atom. The molecule has 1 aliphatic carbocycles. The van der Waals surface area contributed by atoms with Gasteiger partial charge in [-0.1, -0.05) is 18.9 Å². The van der Waals surface area contributed by atoms with Crippen molar-refractivity contribution >= 4 is 11.6 Å². The van der Waals surface area contributed by atoms with E-state index in [4.69, 9.17) is 10.5 Å². The molecule has 4 nitrogen and oxygen atoms in total. The second-order valence-electron chi connectivity index (χ2n) is 4.15. The number of nitrogens with zero attached hydrogens (tertiary/aromatic N) is 1. The predicted molar refractivity (Wildman–Crippen MR) is 65.3 cm³/mol. The van der Waals surface area contributed by atoms with Crippen molar-refractivity contribution in [1.82, 2.24) is 4.98 Å². The molecule has 0 spiro atoms. The molecule has 2 rings (SSSR count). The highest BCUT2D eigenvalue weighted by Gasteiger charge is 2.14. The Morgan fingerprint density at radius 1 is 1.38 bits per heavy atom. The molecule has 1 aromatic rings. The topological polar surface area (TPSA) is 60.2 Å². The molecule has 0 aliphatic heterocycles. The van der Waals surface area contributed by atoms with Gasteiger partial charge in [-0.15, -0.1) is 0 Å². The van der Waals surface area contributed by atoms with E-state index in [-0.39, 0.29) is 0 Å². The van der Waals surface area contributed by atoms with E-state index >= 15 is 0 Å². The Kier molecular flexibility index (Phi) is 3.99. The summed E-state index contributed by atoms with van der Waals surface area (Å²) in [6.07, 6.45) is 5.55. The smallest absolute Gasteiger partial charge is 0.128 e. The number of nitrogens with two attached hydrogens (primary N) is 1. The molecule has 0 atom stereocenters. The van der Waals surface area contributed by atoms with Crippen molar-refractivity contribution in [2.45, 2.75) is 31.8 Å². The van der Waals surface area contributed by atoms with Gasteiger partial charge in [-0.25, -0.2) is 4.98 Å². The lowest BCUT2D eigenvalue weighted by atomic mass is 10.3. The van der Waals surface area contributed by atoms with Crippen molar-refractivity contribution in [2.24, 2.45) is 0 Å². The van der Waals surface area contributed by atoms with E-state index in [2.05, 4.69) is 10.3 Å². The molecule has 88 valence electrons. The number of nitrogen functional groups attached to an aromatic ring is 1. The minimum Gasteiger partial charge on any atom is -0.384 e. The highest BCUT2D eigenvalue weighted by molar-refractivity contribution is 5.41. The summed E-state index contributed by atoms with van der Waals surface area (Å²) in [4.78, 5) is 4.15. The van der Waals surface area contributed by atoms with Crippen molar-refractivity contribution < 1.29 is 4.74 Å². The van der Waals surface area contributed by atoms with Crippen molar-refractivity contribution in [3.05, 3.63) is 18.2 Å². The summed E-state index contributed by atoms with van der Waals surface area (Å²) in [6, 6.07) is 5.58. The summed E-state index contributed by atoms with van der Waals surface area (Å²) in [5.41, 5.74) is 5.58. The Bertz CT molecular complexity index is 324. The average molecular weight is 221 g/mol. The summed E-state index contributed by atoms with van der Waals surface area (Å²) in [7, 11) is 0. The normalized spacial score (nSPS) is 16.5. The molecule has 1 saturated carbocycles. The maximum Gasteiger partial charge on any atom is 0.128 e. The van der Waals surface area contributed by atoms with Crippen LogP contribution in [0.5, 0.6) is 0 Å². The van der Waals surface area contributed by atoms with Gasteiger partial charge in [-0.05, 0) is 25.0 Å². The van der Waals surface area contributed by atoms with E-state index in [1.807, 2.05) is 12.1 Å². The van der Waals surface area contributed by atoms with Gasteiger partial charge in [0, 0.05) is 6.54 Å². The SMILES string of the molecule is Nc1cccc(NCCOC2CCCC2)n1. The van der Waals surface area contributed by atoms with Gasteiger partial charge in [-0.2, -0.15) is 0 Å². The van der Waals surface area contributed by atoms with Gasteiger partial charge in [0.15, 0.2) is 0 Å². The van der Waals surface area contributed by atoms with Crippen molar-refractivity contribution in [1.29, 1.82) is 0 Å². The van der Waals surface area contributed by atoms with Gasteiger partial charge in [0.25, 0.3) is 0 Å². The molecule has 1 heterocycles. The van der Waals surface area contributed by atoms with Crippen molar-refractivity contribution in [3.8, 4) is 0 Å². The van der Waals surface area contributed by atoms with Crippen LogP contribution in [-0.4, -0.2) is 24.2 Å². The molecule has 1 fully saturated rings. The number of hydrogen-bond donors (Lipinski definition) is 2. The Hall–Kier alpha value is -1.29. The molecule has 0 unspecified atom stereocenters. The standard InChI is InChI=1S/C12H19N3O/c13-11-6-3-7-12(15-11)14-8-9-16-10-4-1-2-5-10/h3,6-7,10H,1-2,4-5,8-9H2,(H3,13,14,15). The first-order chi connectivity index (χ1) is 7.84. The van der Waals surface area contributed by atoms with Gasteiger partial charge >= 0.3 is 0 Å². The molecule has 4 heteroatoms. The fourth-order valence-electron chi connectivity index (χ4n) is 2.01. The number of rotatable bonds is 5. The third-order valence-electron chi connectivity index (χ3n) is 2.83. The third-order valence-corrected chi connectivity index (χ3v) is 2.83. The Balaban J connectivity index is 1.64. The second kappa shape index (κ2) is 5.70. The average Bonchev–Trinajstić information content (AvgIpc) is 2.77. The first-order valence-electron chi connectivity index (χ1n) is 5.92. The molecule has 3 N–H and O–H groups in total. The van der Waals surface area contributed by atoms with Crippen LogP contribution in [0.1, 0.15) is 25.7 Å². The molecule has 0 saturated heterocycles. The van der Waals surface area contributed by atoms with E-state index in [0.717, 1.165) is 19.0 Å². The Labute approximate surface area is 96.2 Å². The number of pyridine rings is 1. The minimum atomic E-state index is 0.482. The van der Waals surface area contributed by atoms with Crippen LogP contribution >= 0.6 is 0 Å². The fourth-order valence-corrected chi connectivity index (χ4v) is 2.01. The molecule has 0 aromatic carbocycles. The minimum absolute atomic E-state index is 0.482. The fraction of sp³-hybridized carbons (Fsp3) is 0.583. The van der Waals surface area contributed by atoms with Gasteiger partial charge in [0.2, 0.25) is 0 Å². The highest BCUT2D eigenvalue weighted by atomic mass is 16.5. The van der Waals surface area contributed by atoms with Gasteiger partial charge < -0.3 is 15.8 Å². The van der Waals surface area contributed by atoms with Gasteiger partial charge in [0.05, 0.1) is 12.7 Å². The van der Waals surface area contributed by atoms with Crippen LogP contribution in [0.4, 0.5) is 11.6 Å². The largest absolute Gasteiger partial charge is 0.384 e. The number of anilines is 2. The maximum absolute atomic E-state index is 5.73. The first-order valence-corrected chi connectivity index (χ1v) is 5.92. The molecule has 0 bridgehead atoms. The van der Waals surface area contributed by atoms with E-state index in [9.17, 15) is 0 Å². The number of hydrogen-bond acceptors (Lipinski definition) is 4. The monoisotopic (exact) mass is 221 g/mol. The zero-order chi connectivity index (χ0) is 11.2. The lowest BCUT2D eigenvalue weighted by molar-refractivity contribution is 0.0659. The molecule has 1 aromatic heterocycles. The van der Waals surface area contributed by atoms with Gasteiger partial charge in [-0.3, -0.25) is 0 Å².